The Morgan fingerprint density at radius 2 is 1.58 bits per heavy atom. The fourth-order valence-corrected chi connectivity index (χ4v) is 2.50. The van der Waals surface area contributed by atoms with Crippen LogP contribution in [0.5, 0.6) is 5.75 Å². The Hall–Kier alpha value is -3.88. The number of para-hydroxylation sites is 2. The number of carbonyl (C=O) groups excluding carboxylic acids is 4. The summed E-state index contributed by atoms with van der Waals surface area (Å²) >= 11 is 0. The van der Waals surface area contributed by atoms with Crippen molar-refractivity contribution < 1.29 is 33.4 Å². The second kappa shape index (κ2) is 12.0. The second-order valence-electron chi connectivity index (χ2n) is 6.26. The first-order valence-electron chi connectivity index (χ1n) is 9.58. The minimum absolute atomic E-state index is 0.119. The maximum Gasteiger partial charge on any atom is 0.337 e. The lowest BCUT2D eigenvalue weighted by Gasteiger charge is -2.11. The van der Waals surface area contributed by atoms with E-state index in [9.17, 15) is 19.2 Å². The van der Waals surface area contributed by atoms with E-state index in [2.05, 4.69) is 15.4 Å². The van der Waals surface area contributed by atoms with Gasteiger partial charge in [-0.15, -0.1) is 0 Å². The molecule has 2 rings (SSSR count). The minimum atomic E-state index is -0.676. The zero-order chi connectivity index (χ0) is 22.6. The van der Waals surface area contributed by atoms with E-state index in [1.165, 1.54) is 19.2 Å². The lowest BCUT2D eigenvalue weighted by Crippen LogP contribution is -2.22. The van der Waals surface area contributed by atoms with E-state index in [0.717, 1.165) is 0 Å². The molecule has 0 fully saturated rings. The molecule has 0 saturated heterocycles. The van der Waals surface area contributed by atoms with Crippen molar-refractivity contribution in [3.05, 3.63) is 54.1 Å². The summed E-state index contributed by atoms with van der Waals surface area (Å²) in [5.41, 5.74) is 1.30. The maximum atomic E-state index is 12.0. The van der Waals surface area contributed by atoms with Gasteiger partial charge < -0.3 is 24.8 Å². The summed E-state index contributed by atoms with van der Waals surface area (Å²) < 4.78 is 14.9. The van der Waals surface area contributed by atoms with Crippen LogP contribution in [0.2, 0.25) is 0 Å². The number of nitrogens with one attached hydrogen (secondary N) is 2. The van der Waals surface area contributed by atoms with Gasteiger partial charge in [-0.25, -0.2) is 4.79 Å². The molecule has 0 saturated carbocycles. The van der Waals surface area contributed by atoms with Crippen molar-refractivity contribution in [2.45, 2.75) is 19.8 Å². The second-order valence-corrected chi connectivity index (χ2v) is 6.26. The number of esters is 2. The molecule has 9 nitrogen and oxygen atoms in total. The van der Waals surface area contributed by atoms with E-state index in [-0.39, 0.29) is 12.8 Å². The standard InChI is InChI=1S/C22H24N2O7/c1-3-30-18-7-5-4-6-17(18)24-20(26)14-31-21(27)13-12-19(25)23-16-10-8-15(9-11-16)22(28)29-2/h4-11H,3,12-14H2,1-2H3,(H,23,25)(H,24,26). The summed E-state index contributed by atoms with van der Waals surface area (Å²) in [5, 5.41) is 5.22. The van der Waals surface area contributed by atoms with Gasteiger partial charge in [0.05, 0.1) is 31.4 Å². The van der Waals surface area contributed by atoms with Crippen LogP contribution in [0.4, 0.5) is 11.4 Å². The molecule has 164 valence electrons. The van der Waals surface area contributed by atoms with Crippen molar-refractivity contribution in [2.24, 2.45) is 0 Å². The number of anilines is 2. The zero-order valence-electron chi connectivity index (χ0n) is 17.3. The van der Waals surface area contributed by atoms with Gasteiger partial charge in [0.1, 0.15) is 5.75 Å². The first-order valence-corrected chi connectivity index (χ1v) is 9.58. The zero-order valence-corrected chi connectivity index (χ0v) is 17.3. The van der Waals surface area contributed by atoms with E-state index in [1.54, 1.807) is 36.4 Å². The van der Waals surface area contributed by atoms with Gasteiger partial charge in [-0.05, 0) is 43.3 Å². The van der Waals surface area contributed by atoms with Crippen LogP contribution in [0.3, 0.4) is 0 Å². The molecule has 0 aliphatic heterocycles. The van der Waals surface area contributed by atoms with Gasteiger partial charge in [0.25, 0.3) is 5.91 Å². The van der Waals surface area contributed by atoms with Crippen LogP contribution in [0.1, 0.15) is 30.1 Å². The Labute approximate surface area is 179 Å². The van der Waals surface area contributed by atoms with Crippen LogP contribution < -0.4 is 15.4 Å². The third-order valence-corrected chi connectivity index (χ3v) is 3.97. The highest BCUT2D eigenvalue weighted by atomic mass is 16.5. The topological polar surface area (TPSA) is 120 Å². The van der Waals surface area contributed by atoms with Gasteiger partial charge in [-0.3, -0.25) is 14.4 Å². The molecule has 31 heavy (non-hydrogen) atoms. The van der Waals surface area contributed by atoms with Crippen LogP contribution in [-0.2, 0) is 23.9 Å². The molecule has 0 aromatic heterocycles. The van der Waals surface area contributed by atoms with Crippen LogP contribution in [-0.4, -0.2) is 44.1 Å². The number of hydrogen-bond donors (Lipinski definition) is 2. The molecule has 2 aromatic rings. The number of benzene rings is 2. The molecule has 0 aliphatic rings. The SMILES string of the molecule is CCOc1ccccc1NC(=O)COC(=O)CCC(=O)Nc1ccc(C(=O)OC)cc1. The van der Waals surface area contributed by atoms with Crippen molar-refractivity contribution in [3.8, 4) is 5.75 Å². The van der Waals surface area contributed by atoms with E-state index < -0.39 is 30.4 Å². The molecule has 9 heteroatoms. The van der Waals surface area contributed by atoms with Crippen molar-refractivity contribution in [1.29, 1.82) is 0 Å². The smallest absolute Gasteiger partial charge is 0.337 e. The van der Waals surface area contributed by atoms with Gasteiger partial charge in [0.15, 0.2) is 6.61 Å². The summed E-state index contributed by atoms with van der Waals surface area (Å²) in [7, 11) is 1.28. The number of hydrogen-bond acceptors (Lipinski definition) is 7. The highest BCUT2D eigenvalue weighted by molar-refractivity contribution is 5.95. The quantitative estimate of drug-likeness (QED) is 0.558. The van der Waals surface area contributed by atoms with Gasteiger partial charge in [-0.2, -0.15) is 0 Å². The van der Waals surface area contributed by atoms with Gasteiger partial charge in [-0.1, -0.05) is 12.1 Å². The molecule has 0 atom stereocenters. The fraction of sp³-hybridized carbons (Fsp3) is 0.273. The molecular weight excluding hydrogens is 404 g/mol. The van der Waals surface area contributed by atoms with E-state index in [0.29, 0.717) is 29.3 Å². The molecular formula is C22H24N2O7. The first kappa shape index (κ1) is 23.4. The van der Waals surface area contributed by atoms with Gasteiger partial charge in [0, 0.05) is 12.1 Å². The molecule has 0 spiro atoms. The van der Waals surface area contributed by atoms with Crippen molar-refractivity contribution >= 4 is 35.1 Å². The highest BCUT2D eigenvalue weighted by Gasteiger charge is 2.13. The van der Waals surface area contributed by atoms with Gasteiger partial charge in [0.2, 0.25) is 5.91 Å². The van der Waals surface area contributed by atoms with Crippen LogP contribution >= 0.6 is 0 Å². The Bertz CT molecular complexity index is 926. The number of amides is 2. The predicted octanol–water partition coefficient (Wildman–Crippen LogP) is 2.77. The summed E-state index contributed by atoms with van der Waals surface area (Å²) in [6.45, 7) is 1.79. The lowest BCUT2D eigenvalue weighted by molar-refractivity contribution is -0.147. The Balaban J connectivity index is 1.72. The van der Waals surface area contributed by atoms with Crippen LogP contribution in [0, 0.1) is 0 Å². The summed E-state index contributed by atoms with van der Waals surface area (Å²) in [6.07, 6.45) is -0.304. The van der Waals surface area contributed by atoms with Crippen molar-refractivity contribution in [2.75, 3.05) is 31.0 Å². The Morgan fingerprint density at radius 3 is 2.26 bits per heavy atom. The summed E-state index contributed by atoms with van der Waals surface area (Å²) in [5.74, 6) is -1.56. The Kier molecular flexibility index (Phi) is 9.03. The van der Waals surface area contributed by atoms with Crippen LogP contribution in [0.25, 0.3) is 0 Å². The van der Waals surface area contributed by atoms with Crippen molar-refractivity contribution in [1.82, 2.24) is 0 Å². The molecule has 0 radical (unpaired) electrons. The molecule has 0 bridgehead atoms. The summed E-state index contributed by atoms with van der Waals surface area (Å²) in [6, 6.07) is 13.0. The number of carbonyl (C=O) groups is 4. The minimum Gasteiger partial charge on any atom is -0.492 e. The monoisotopic (exact) mass is 428 g/mol. The third kappa shape index (κ3) is 7.81. The Morgan fingerprint density at radius 1 is 0.871 bits per heavy atom. The van der Waals surface area contributed by atoms with E-state index >= 15 is 0 Å². The molecule has 0 heterocycles. The molecule has 2 amide bonds. The maximum absolute atomic E-state index is 12.0. The lowest BCUT2D eigenvalue weighted by atomic mass is 10.2. The first-order chi connectivity index (χ1) is 14.9. The van der Waals surface area contributed by atoms with Crippen molar-refractivity contribution in [3.63, 3.8) is 0 Å². The molecule has 0 aliphatic carbocycles. The number of methoxy groups -OCH3 is 1. The third-order valence-electron chi connectivity index (χ3n) is 3.97. The fourth-order valence-electron chi connectivity index (χ4n) is 2.50. The summed E-state index contributed by atoms with van der Waals surface area (Å²) in [4.78, 5) is 47.2. The number of ether oxygens (including phenoxy) is 3. The average molecular weight is 428 g/mol. The largest absolute Gasteiger partial charge is 0.492 e. The van der Waals surface area contributed by atoms with E-state index in [1.807, 2.05) is 6.92 Å². The molecule has 2 N–H and O–H groups in total. The highest BCUT2D eigenvalue weighted by Crippen LogP contribution is 2.23. The van der Waals surface area contributed by atoms with E-state index in [4.69, 9.17) is 9.47 Å². The average Bonchev–Trinajstić information content (AvgIpc) is 2.77. The van der Waals surface area contributed by atoms with Crippen LogP contribution in [0.15, 0.2) is 48.5 Å². The number of rotatable bonds is 10. The normalized spacial score (nSPS) is 10.0. The molecule has 0 unspecified atom stereocenters. The van der Waals surface area contributed by atoms with Gasteiger partial charge >= 0.3 is 11.9 Å². The molecule has 2 aromatic carbocycles. The predicted molar refractivity (Wildman–Crippen MR) is 113 cm³/mol.